The van der Waals surface area contributed by atoms with E-state index in [-0.39, 0.29) is 16.5 Å². The first-order valence-corrected chi connectivity index (χ1v) is 16.1. The first-order chi connectivity index (χ1) is 22.0. The summed E-state index contributed by atoms with van der Waals surface area (Å²) < 4.78 is 12.7. The standard InChI is InChI=1S/C35H29N3O5S2/c1-2-42-28-20-26(18-19-27(28)43-21-23-12-6-3-7-13-23)30-29(31(39)25-16-10-5-11-17-25)32(40)33(41)38(30)34-36-37-35(45-34)44-22-24-14-8-4-9-15-24/h3-20,30,39H,2,21-22H2,1H3. The number of nitrogens with zero attached hydrogens (tertiary/aromatic N) is 3. The second-order valence-electron chi connectivity index (χ2n) is 10.1. The van der Waals surface area contributed by atoms with E-state index in [0.717, 1.165) is 11.1 Å². The summed E-state index contributed by atoms with van der Waals surface area (Å²) in [6.45, 7) is 2.57. The Morgan fingerprint density at radius 1 is 0.844 bits per heavy atom. The molecule has 0 spiro atoms. The summed E-state index contributed by atoms with van der Waals surface area (Å²) in [4.78, 5) is 28.6. The Bertz CT molecular complexity index is 1830. The number of hydrogen-bond donors (Lipinski definition) is 1. The van der Waals surface area contributed by atoms with E-state index in [9.17, 15) is 14.7 Å². The van der Waals surface area contributed by atoms with Crippen LogP contribution in [-0.4, -0.2) is 33.6 Å². The summed E-state index contributed by atoms with van der Waals surface area (Å²) in [6, 6.07) is 32.7. The molecule has 1 saturated heterocycles. The topological polar surface area (TPSA) is 102 Å². The predicted octanol–water partition coefficient (Wildman–Crippen LogP) is 7.43. The number of ether oxygens (including phenoxy) is 2. The molecular weight excluding hydrogens is 607 g/mol. The molecule has 10 heteroatoms. The van der Waals surface area contributed by atoms with E-state index >= 15 is 0 Å². The van der Waals surface area contributed by atoms with Crippen molar-refractivity contribution in [2.45, 2.75) is 29.7 Å². The third-order valence-electron chi connectivity index (χ3n) is 7.12. The minimum atomic E-state index is -0.979. The lowest BCUT2D eigenvalue weighted by molar-refractivity contribution is -0.132. The second-order valence-corrected chi connectivity index (χ2v) is 12.3. The average molecular weight is 636 g/mol. The van der Waals surface area contributed by atoms with Crippen LogP contribution in [0.1, 0.15) is 35.2 Å². The van der Waals surface area contributed by atoms with Crippen LogP contribution in [0.25, 0.3) is 5.76 Å². The van der Waals surface area contributed by atoms with Gasteiger partial charge in [-0.1, -0.05) is 120 Å². The number of anilines is 1. The maximum absolute atomic E-state index is 13.7. The number of hydrogen-bond acceptors (Lipinski definition) is 9. The molecule has 1 aromatic heterocycles. The molecule has 0 radical (unpaired) electrons. The van der Waals surface area contributed by atoms with Crippen molar-refractivity contribution in [3.8, 4) is 11.5 Å². The Morgan fingerprint density at radius 2 is 1.51 bits per heavy atom. The number of benzene rings is 4. The van der Waals surface area contributed by atoms with E-state index in [1.54, 1.807) is 42.5 Å². The average Bonchev–Trinajstić information content (AvgIpc) is 3.66. The van der Waals surface area contributed by atoms with Gasteiger partial charge < -0.3 is 14.6 Å². The highest BCUT2D eigenvalue weighted by Gasteiger charge is 2.48. The summed E-state index contributed by atoms with van der Waals surface area (Å²) in [5, 5.41) is 20.3. The van der Waals surface area contributed by atoms with Crippen molar-refractivity contribution in [2.24, 2.45) is 0 Å². The van der Waals surface area contributed by atoms with Crippen LogP contribution in [0, 0.1) is 0 Å². The molecule has 1 fully saturated rings. The number of carbonyl (C=O) groups excluding carboxylic acids is 2. The van der Waals surface area contributed by atoms with E-state index in [1.807, 2.05) is 73.7 Å². The van der Waals surface area contributed by atoms with Crippen molar-refractivity contribution in [3.05, 3.63) is 137 Å². The molecule has 5 aromatic rings. The number of thioether (sulfide) groups is 1. The quantitative estimate of drug-likeness (QED) is 0.0526. The summed E-state index contributed by atoms with van der Waals surface area (Å²) in [6.07, 6.45) is 0. The normalized spacial score (nSPS) is 15.8. The first-order valence-electron chi connectivity index (χ1n) is 14.3. The lowest BCUT2D eigenvalue weighted by atomic mass is 9.95. The van der Waals surface area contributed by atoms with E-state index < -0.39 is 17.7 Å². The lowest BCUT2D eigenvalue weighted by Gasteiger charge is -2.23. The Hall–Kier alpha value is -4.93. The number of carbonyl (C=O) groups is 2. The Kier molecular flexibility index (Phi) is 9.23. The molecule has 2 heterocycles. The van der Waals surface area contributed by atoms with E-state index in [2.05, 4.69) is 10.2 Å². The zero-order chi connectivity index (χ0) is 31.2. The van der Waals surface area contributed by atoms with Crippen LogP contribution >= 0.6 is 23.1 Å². The number of amides is 1. The summed E-state index contributed by atoms with van der Waals surface area (Å²) in [7, 11) is 0. The number of ketones is 1. The molecule has 1 unspecified atom stereocenters. The van der Waals surface area contributed by atoms with Crippen molar-refractivity contribution in [3.63, 3.8) is 0 Å². The van der Waals surface area contributed by atoms with Gasteiger partial charge in [0.2, 0.25) is 5.13 Å². The van der Waals surface area contributed by atoms with E-state index in [4.69, 9.17) is 9.47 Å². The number of aliphatic hydroxyl groups is 1. The molecular formula is C35H29N3O5S2. The largest absolute Gasteiger partial charge is 0.507 e. The Morgan fingerprint density at radius 3 is 2.20 bits per heavy atom. The molecule has 1 aliphatic rings. The van der Waals surface area contributed by atoms with Gasteiger partial charge in [-0.15, -0.1) is 10.2 Å². The molecule has 4 aromatic carbocycles. The van der Waals surface area contributed by atoms with Gasteiger partial charge in [-0.3, -0.25) is 14.5 Å². The van der Waals surface area contributed by atoms with E-state index in [1.165, 1.54) is 28.0 Å². The summed E-state index contributed by atoms with van der Waals surface area (Å²) in [5.41, 5.74) is 3.05. The van der Waals surface area contributed by atoms with Gasteiger partial charge in [0.25, 0.3) is 5.78 Å². The molecule has 6 rings (SSSR count). The van der Waals surface area contributed by atoms with Crippen molar-refractivity contribution in [1.82, 2.24) is 10.2 Å². The van der Waals surface area contributed by atoms with Crippen LogP contribution in [-0.2, 0) is 21.9 Å². The Balaban J connectivity index is 1.39. The summed E-state index contributed by atoms with van der Waals surface area (Å²) >= 11 is 2.71. The molecule has 1 amide bonds. The maximum Gasteiger partial charge on any atom is 0.301 e. The third-order valence-corrected chi connectivity index (χ3v) is 9.25. The van der Waals surface area contributed by atoms with Gasteiger partial charge in [0.15, 0.2) is 15.8 Å². The van der Waals surface area contributed by atoms with Crippen LogP contribution in [0.4, 0.5) is 5.13 Å². The van der Waals surface area contributed by atoms with Crippen molar-refractivity contribution in [1.29, 1.82) is 0 Å². The molecule has 1 atom stereocenters. The smallest absolute Gasteiger partial charge is 0.301 e. The maximum atomic E-state index is 13.7. The van der Waals surface area contributed by atoms with Gasteiger partial charge in [0.05, 0.1) is 18.2 Å². The van der Waals surface area contributed by atoms with Gasteiger partial charge in [-0.2, -0.15) is 0 Å². The summed E-state index contributed by atoms with van der Waals surface area (Å²) in [5.74, 6) is -0.235. The van der Waals surface area contributed by atoms with Crippen LogP contribution in [0.5, 0.6) is 11.5 Å². The molecule has 0 saturated carbocycles. The minimum absolute atomic E-state index is 0.0414. The third kappa shape index (κ3) is 6.62. The molecule has 45 heavy (non-hydrogen) atoms. The van der Waals surface area contributed by atoms with Gasteiger partial charge in [0.1, 0.15) is 12.4 Å². The second kappa shape index (κ2) is 13.8. The van der Waals surface area contributed by atoms with Gasteiger partial charge in [-0.25, -0.2) is 0 Å². The van der Waals surface area contributed by atoms with Crippen LogP contribution < -0.4 is 14.4 Å². The molecule has 226 valence electrons. The monoisotopic (exact) mass is 635 g/mol. The number of aliphatic hydroxyl groups excluding tert-OH is 1. The fourth-order valence-electron chi connectivity index (χ4n) is 4.99. The SMILES string of the molecule is CCOc1cc(C2C(=C(O)c3ccccc3)C(=O)C(=O)N2c2nnc(SCc3ccccc3)s2)ccc1OCc1ccccc1. The zero-order valence-electron chi connectivity index (χ0n) is 24.3. The Labute approximate surface area is 269 Å². The highest BCUT2D eigenvalue weighted by Crippen LogP contribution is 2.45. The molecule has 1 aliphatic heterocycles. The number of Topliss-reactive ketones (excluding diaryl/α,β-unsaturated/α-hetero) is 1. The highest BCUT2D eigenvalue weighted by molar-refractivity contribution is 8.00. The molecule has 1 N–H and O–H groups in total. The first kappa shape index (κ1) is 30.1. The molecule has 0 aliphatic carbocycles. The minimum Gasteiger partial charge on any atom is -0.507 e. The van der Waals surface area contributed by atoms with Crippen LogP contribution in [0.2, 0.25) is 0 Å². The highest BCUT2D eigenvalue weighted by atomic mass is 32.2. The number of rotatable bonds is 11. The zero-order valence-corrected chi connectivity index (χ0v) is 26.0. The van der Waals surface area contributed by atoms with Crippen LogP contribution in [0.15, 0.2) is 119 Å². The lowest BCUT2D eigenvalue weighted by Crippen LogP contribution is -2.29. The van der Waals surface area contributed by atoms with Gasteiger partial charge in [0, 0.05) is 11.3 Å². The molecule has 8 nitrogen and oxygen atoms in total. The fourth-order valence-corrected chi connectivity index (χ4v) is 6.82. The van der Waals surface area contributed by atoms with Crippen molar-refractivity contribution in [2.75, 3.05) is 11.5 Å². The predicted molar refractivity (Wildman–Crippen MR) is 176 cm³/mol. The van der Waals surface area contributed by atoms with E-state index in [0.29, 0.717) is 45.9 Å². The van der Waals surface area contributed by atoms with Gasteiger partial charge in [-0.05, 0) is 35.7 Å². The van der Waals surface area contributed by atoms with Gasteiger partial charge >= 0.3 is 5.91 Å². The number of aromatic nitrogens is 2. The van der Waals surface area contributed by atoms with Crippen LogP contribution in [0.3, 0.4) is 0 Å². The molecule has 0 bridgehead atoms. The van der Waals surface area contributed by atoms with Crippen molar-refractivity contribution < 1.29 is 24.2 Å². The fraction of sp³-hybridized carbons (Fsp3) is 0.143. The van der Waals surface area contributed by atoms with Crippen molar-refractivity contribution >= 4 is 45.7 Å².